The molecule has 0 bridgehead atoms. The number of amides is 1. The number of rotatable bonds is 2. The monoisotopic (exact) mass is 312 g/mol. The number of benzene rings is 1. The molecular weight excluding hydrogens is 296 g/mol. The fraction of sp³-hybridized carbons (Fsp3) is 0.462. The van der Waals surface area contributed by atoms with Gasteiger partial charge in [-0.3, -0.25) is 4.79 Å². The van der Waals surface area contributed by atoms with Crippen LogP contribution in [0.3, 0.4) is 0 Å². The Labute approximate surface area is 115 Å². The minimum absolute atomic E-state index is 0.114. The van der Waals surface area contributed by atoms with Crippen molar-refractivity contribution >= 4 is 33.2 Å². The van der Waals surface area contributed by atoms with Crippen LogP contribution in [0, 0.1) is 12.8 Å². The van der Waals surface area contributed by atoms with Gasteiger partial charge in [-0.2, -0.15) is 0 Å². The number of ether oxygens (including phenoxy) is 1. The molecule has 1 fully saturated rings. The van der Waals surface area contributed by atoms with Crippen molar-refractivity contribution in [3.05, 3.63) is 22.2 Å². The molecule has 5 heteroatoms. The summed E-state index contributed by atoms with van der Waals surface area (Å²) in [5.41, 5.74) is 8.08. The number of nitrogens with two attached hydrogens (primary N) is 1. The zero-order chi connectivity index (χ0) is 13.3. The molecule has 1 aliphatic heterocycles. The quantitative estimate of drug-likeness (QED) is 0.825. The summed E-state index contributed by atoms with van der Waals surface area (Å²) in [6.07, 6.45) is 0.555. The van der Waals surface area contributed by atoms with Crippen molar-refractivity contribution in [3.63, 3.8) is 0 Å². The van der Waals surface area contributed by atoms with E-state index in [2.05, 4.69) is 21.2 Å². The fourth-order valence-electron chi connectivity index (χ4n) is 2.16. The van der Waals surface area contributed by atoms with E-state index in [9.17, 15) is 4.79 Å². The van der Waals surface area contributed by atoms with Crippen molar-refractivity contribution in [2.45, 2.75) is 26.4 Å². The second-order valence-corrected chi connectivity index (χ2v) is 5.65. The van der Waals surface area contributed by atoms with Gasteiger partial charge in [0.2, 0.25) is 0 Å². The molecule has 18 heavy (non-hydrogen) atoms. The van der Waals surface area contributed by atoms with Crippen molar-refractivity contribution in [3.8, 4) is 0 Å². The Bertz CT molecular complexity index is 453. The number of aryl methyl sites for hydroxylation is 1. The highest BCUT2D eigenvalue weighted by molar-refractivity contribution is 9.10. The summed E-state index contributed by atoms with van der Waals surface area (Å²) in [5, 5.41) is 2.87. The lowest BCUT2D eigenvalue weighted by Crippen LogP contribution is -2.31. The summed E-state index contributed by atoms with van der Waals surface area (Å²) in [6.45, 7) is 4.58. The molecule has 0 spiro atoms. The fourth-order valence-corrected chi connectivity index (χ4v) is 2.75. The van der Waals surface area contributed by atoms with Crippen LogP contribution in [-0.2, 0) is 9.53 Å². The maximum atomic E-state index is 12.1. The molecule has 2 unspecified atom stereocenters. The Hall–Kier alpha value is -1.07. The number of hydrogen-bond acceptors (Lipinski definition) is 3. The van der Waals surface area contributed by atoms with E-state index in [0.29, 0.717) is 18.0 Å². The Morgan fingerprint density at radius 1 is 1.56 bits per heavy atom. The van der Waals surface area contributed by atoms with Crippen LogP contribution in [0.2, 0.25) is 0 Å². The SMILES string of the molecule is Cc1cc(Br)cc(N)c1NC(=O)C1OCCC1C. The third kappa shape index (κ3) is 2.67. The first-order valence-electron chi connectivity index (χ1n) is 5.97. The Balaban J connectivity index is 2.17. The van der Waals surface area contributed by atoms with Crippen LogP contribution in [0.5, 0.6) is 0 Å². The lowest BCUT2D eigenvalue weighted by Gasteiger charge is -2.17. The Morgan fingerprint density at radius 3 is 2.83 bits per heavy atom. The maximum Gasteiger partial charge on any atom is 0.253 e. The molecule has 1 aromatic carbocycles. The first-order chi connectivity index (χ1) is 8.49. The van der Waals surface area contributed by atoms with Crippen LogP contribution in [0.1, 0.15) is 18.9 Å². The molecule has 2 atom stereocenters. The first-order valence-corrected chi connectivity index (χ1v) is 6.76. The van der Waals surface area contributed by atoms with Crippen molar-refractivity contribution in [1.82, 2.24) is 0 Å². The van der Waals surface area contributed by atoms with Crippen LogP contribution in [0.4, 0.5) is 11.4 Å². The maximum absolute atomic E-state index is 12.1. The van der Waals surface area contributed by atoms with Gasteiger partial charge in [-0.1, -0.05) is 22.9 Å². The van der Waals surface area contributed by atoms with E-state index in [0.717, 1.165) is 16.5 Å². The van der Waals surface area contributed by atoms with Crippen LogP contribution in [-0.4, -0.2) is 18.6 Å². The Morgan fingerprint density at radius 2 is 2.28 bits per heavy atom. The van der Waals surface area contributed by atoms with Crippen molar-refractivity contribution in [2.75, 3.05) is 17.7 Å². The standard InChI is InChI=1S/C13H17BrN2O2/c1-7-3-4-18-12(7)13(17)16-11-8(2)5-9(14)6-10(11)15/h5-7,12H,3-4,15H2,1-2H3,(H,16,17). The molecule has 0 aliphatic carbocycles. The summed E-state index contributed by atoms with van der Waals surface area (Å²) in [7, 11) is 0. The summed E-state index contributed by atoms with van der Waals surface area (Å²) >= 11 is 3.37. The van der Waals surface area contributed by atoms with E-state index < -0.39 is 0 Å². The molecule has 2 rings (SSSR count). The van der Waals surface area contributed by atoms with E-state index in [4.69, 9.17) is 10.5 Å². The topological polar surface area (TPSA) is 64.3 Å². The minimum Gasteiger partial charge on any atom is -0.397 e. The molecule has 0 saturated carbocycles. The average molecular weight is 313 g/mol. The molecule has 1 aromatic rings. The molecular formula is C13H17BrN2O2. The molecule has 1 saturated heterocycles. The number of hydrogen-bond donors (Lipinski definition) is 2. The summed E-state index contributed by atoms with van der Waals surface area (Å²) in [4.78, 5) is 12.1. The predicted octanol–water partition coefficient (Wildman–Crippen LogP) is 2.70. The van der Waals surface area contributed by atoms with Crippen molar-refractivity contribution < 1.29 is 9.53 Å². The molecule has 3 N–H and O–H groups in total. The third-order valence-corrected chi connectivity index (χ3v) is 3.68. The van der Waals surface area contributed by atoms with E-state index in [1.54, 1.807) is 6.07 Å². The van der Waals surface area contributed by atoms with Crippen molar-refractivity contribution in [1.29, 1.82) is 0 Å². The lowest BCUT2D eigenvalue weighted by molar-refractivity contribution is -0.126. The normalized spacial score (nSPS) is 23.1. The second kappa shape index (κ2) is 5.28. The van der Waals surface area contributed by atoms with E-state index in [1.807, 2.05) is 19.9 Å². The zero-order valence-electron chi connectivity index (χ0n) is 10.5. The number of halogens is 1. The van der Waals surface area contributed by atoms with Gasteiger partial charge in [0, 0.05) is 11.1 Å². The van der Waals surface area contributed by atoms with Gasteiger partial charge in [0.05, 0.1) is 11.4 Å². The van der Waals surface area contributed by atoms with Crippen LogP contribution < -0.4 is 11.1 Å². The number of carbonyl (C=O) groups is 1. The smallest absolute Gasteiger partial charge is 0.253 e. The largest absolute Gasteiger partial charge is 0.397 e. The summed E-state index contributed by atoms with van der Waals surface area (Å²) < 4.78 is 6.34. The number of anilines is 2. The van der Waals surface area contributed by atoms with E-state index in [1.165, 1.54) is 0 Å². The Kier molecular flexibility index (Phi) is 3.92. The van der Waals surface area contributed by atoms with Gasteiger partial charge in [0.1, 0.15) is 6.10 Å². The van der Waals surface area contributed by atoms with Gasteiger partial charge in [-0.05, 0) is 37.0 Å². The highest BCUT2D eigenvalue weighted by atomic mass is 79.9. The van der Waals surface area contributed by atoms with Crippen molar-refractivity contribution in [2.24, 2.45) is 5.92 Å². The van der Waals surface area contributed by atoms with Gasteiger partial charge in [0.25, 0.3) is 5.91 Å². The van der Waals surface area contributed by atoms with Gasteiger partial charge in [-0.25, -0.2) is 0 Å². The number of nitrogens with one attached hydrogen (secondary N) is 1. The molecule has 98 valence electrons. The number of carbonyl (C=O) groups excluding carboxylic acids is 1. The summed E-state index contributed by atoms with van der Waals surface area (Å²) in [5.74, 6) is 0.138. The van der Waals surface area contributed by atoms with Crippen LogP contribution in [0.25, 0.3) is 0 Å². The zero-order valence-corrected chi connectivity index (χ0v) is 12.1. The van der Waals surface area contributed by atoms with Gasteiger partial charge in [-0.15, -0.1) is 0 Å². The summed E-state index contributed by atoms with van der Waals surface area (Å²) in [6, 6.07) is 3.70. The van der Waals surface area contributed by atoms with E-state index >= 15 is 0 Å². The highest BCUT2D eigenvalue weighted by Gasteiger charge is 2.31. The van der Waals surface area contributed by atoms with E-state index in [-0.39, 0.29) is 17.9 Å². The third-order valence-electron chi connectivity index (χ3n) is 3.22. The van der Waals surface area contributed by atoms with Gasteiger partial charge < -0.3 is 15.8 Å². The lowest BCUT2D eigenvalue weighted by atomic mass is 10.0. The van der Waals surface area contributed by atoms with Crippen LogP contribution >= 0.6 is 15.9 Å². The minimum atomic E-state index is -0.368. The second-order valence-electron chi connectivity index (χ2n) is 4.73. The van der Waals surface area contributed by atoms with Crippen LogP contribution in [0.15, 0.2) is 16.6 Å². The first kappa shape index (κ1) is 13.4. The molecule has 1 amide bonds. The molecule has 1 aliphatic rings. The average Bonchev–Trinajstić information content (AvgIpc) is 2.69. The highest BCUT2D eigenvalue weighted by Crippen LogP contribution is 2.29. The molecule has 4 nitrogen and oxygen atoms in total. The van der Waals surface area contributed by atoms with Gasteiger partial charge >= 0.3 is 0 Å². The predicted molar refractivity (Wildman–Crippen MR) is 75.4 cm³/mol. The molecule has 0 aromatic heterocycles. The van der Waals surface area contributed by atoms with Gasteiger partial charge in [0.15, 0.2) is 0 Å². The molecule has 1 heterocycles. The molecule has 0 radical (unpaired) electrons. The number of nitrogen functional groups attached to an aromatic ring is 1.